The van der Waals surface area contributed by atoms with E-state index in [1.54, 1.807) is 18.4 Å². The lowest BCUT2D eigenvalue weighted by Gasteiger charge is -2.13. The van der Waals surface area contributed by atoms with E-state index in [9.17, 15) is 5.11 Å². The maximum absolute atomic E-state index is 10.2. The lowest BCUT2D eigenvalue weighted by Crippen LogP contribution is -2.03. The summed E-state index contributed by atoms with van der Waals surface area (Å²) in [5, 5.41) is 14.3. The van der Waals surface area contributed by atoms with Gasteiger partial charge < -0.3 is 9.84 Å². The minimum Gasteiger partial charge on any atom is -0.496 e. The quantitative estimate of drug-likeness (QED) is 0.899. The number of hydrogen-bond acceptors (Lipinski definition) is 3. The van der Waals surface area contributed by atoms with Crippen LogP contribution in [-0.4, -0.2) is 12.2 Å². The first-order valence-electron chi connectivity index (χ1n) is 5.55. The molecule has 3 heteroatoms. The molecular weight excluding hydrogens is 232 g/mol. The van der Waals surface area contributed by atoms with Gasteiger partial charge in [0.25, 0.3) is 0 Å². The summed E-state index contributed by atoms with van der Waals surface area (Å²) in [4.78, 5) is 0. The molecule has 0 fully saturated rings. The second-order valence-electron chi connectivity index (χ2n) is 4.04. The Morgan fingerprint density at radius 2 is 2.06 bits per heavy atom. The van der Waals surface area contributed by atoms with E-state index in [-0.39, 0.29) is 0 Å². The number of aliphatic hydroxyl groups is 1. The van der Waals surface area contributed by atoms with Crippen molar-refractivity contribution in [1.29, 1.82) is 0 Å². The van der Waals surface area contributed by atoms with Crippen LogP contribution in [-0.2, 0) is 6.42 Å². The molecule has 90 valence electrons. The molecule has 2 rings (SSSR count). The van der Waals surface area contributed by atoms with Gasteiger partial charge in [-0.1, -0.05) is 18.2 Å². The Morgan fingerprint density at radius 1 is 1.29 bits per heavy atom. The monoisotopic (exact) mass is 248 g/mol. The van der Waals surface area contributed by atoms with E-state index in [1.807, 2.05) is 36.6 Å². The Bertz CT molecular complexity index is 490. The number of aryl methyl sites for hydroxylation is 1. The summed E-state index contributed by atoms with van der Waals surface area (Å²) in [6.45, 7) is 2.03. The summed E-state index contributed by atoms with van der Waals surface area (Å²) in [7, 11) is 1.65. The molecule has 0 saturated carbocycles. The molecule has 0 amide bonds. The van der Waals surface area contributed by atoms with Crippen molar-refractivity contribution in [2.45, 2.75) is 19.4 Å². The van der Waals surface area contributed by atoms with Crippen molar-refractivity contribution in [1.82, 2.24) is 0 Å². The van der Waals surface area contributed by atoms with Crippen molar-refractivity contribution in [3.63, 3.8) is 0 Å². The van der Waals surface area contributed by atoms with Crippen LogP contribution in [0.15, 0.2) is 35.0 Å². The molecule has 0 spiro atoms. The van der Waals surface area contributed by atoms with E-state index >= 15 is 0 Å². The van der Waals surface area contributed by atoms with Crippen LogP contribution in [0.25, 0.3) is 0 Å². The average molecular weight is 248 g/mol. The Morgan fingerprint density at radius 3 is 2.71 bits per heavy atom. The van der Waals surface area contributed by atoms with Crippen LogP contribution in [0.4, 0.5) is 0 Å². The molecule has 1 heterocycles. The Labute approximate surface area is 105 Å². The van der Waals surface area contributed by atoms with Crippen LogP contribution in [0.1, 0.15) is 22.8 Å². The van der Waals surface area contributed by atoms with E-state index in [1.165, 1.54) is 0 Å². The maximum atomic E-state index is 10.2. The first-order chi connectivity index (χ1) is 8.22. The van der Waals surface area contributed by atoms with Gasteiger partial charge in [-0.25, -0.2) is 0 Å². The number of ether oxygens (including phenoxy) is 1. The molecule has 2 aromatic rings. The van der Waals surface area contributed by atoms with E-state index in [2.05, 4.69) is 5.38 Å². The van der Waals surface area contributed by atoms with Gasteiger partial charge in [-0.2, -0.15) is 11.3 Å². The molecule has 1 unspecified atom stereocenters. The number of benzene rings is 1. The van der Waals surface area contributed by atoms with Crippen molar-refractivity contribution in [3.05, 3.63) is 51.7 Å². The van der Waals surface area contributed by atoms with Gasteiger partial charge in [-0.15, -0.1) is 0 Å². The van der Waals surface area contributed by atoms with Gasteiger partial charge in [0.15, 0.2) is 0 Å². The molecule has 1 aromatic carbocycles. The van der Waals surface area contributed by atoms with Crippen LogP contribution >= 0.6 is 11.3 Å². The number of thiophene rings is 1. The number of rotatable bonds is 4. The molecule has 0 radical (unpaired) electrons. The van der Waals surface area contributed by atoms with Gasteiger partial charge >= 0.3 is 0 Å². The largest absolute Gasteiger partial charge is 0.496 e. The molecule has 0 saturated heterocycles. The molecule has 0 aliphatic heterocycles. The van der Waals surface area contributed by atoms with Crippen molar-refractivity contribution >= 4 is 11.3 Å². The van der Waals surface area contributed by atoms with E-state index < -0.39 is 6.10 Å². The topological polar surface area (TPSA) is 29.5 Å². The third-order valence-corrected chi connectivity index (χ3v) is 3.74. The fourth-order valence-corrected chi connectivity index (χ4v) is 2.80. The lowest BCUT2D eigenvalue weighted by molar-refractivity contribution is 0.177. The predicted octanol–water partition coefficient (Wildman–Crippen LogP) is 3.34. The average Bonchev–Trinajstić information content (AvgIpc) is 2.76. The third kappa shape index (κ3) is 2.68. The fourth-order valence-electron chi connectivity index (χ4n) is 1.90. The van der Waals surface area contributed by atoms with Crippen LogP contribution in [0, 0.1) is 6.92 Å². The van der Waals surface area contributed by atoms with Gasteiger partial charge in [-0.3, -0.25) is 0 Å². The summed E-state index contributed by atoms with van der Waals surface area (Å²) in [6, 6.07) is 7.81. The Balaban J connectivity index is 2.18. The highest BCUT2D eigenvalue weighted by Gasteiger charge is 2.14. The van der Waals surface area contributed by atoms with Crippen LogP contribution in [0.5, 0.6) is 5.75 Å². The molecule has 1 N–H and O–H groups in total. The van der Waals surface area contributed by atoms with Gasteiger partial charge in [0, 0.05) is 6.42 Å². The van der Waals surface area contributed by atoms with Gasteiger partial charge in [-0.05, 0) is 40.4 Å². The molecular formula is C14H16O2S. The van der Waals surface area contributed by atoms with Crippen LogP contribution in [0.3, 0.4) is 0 Å². The number of aliphatic hydroxyl groups excluding tert-OH is 1. The summed E-state index contributed by atoms with van der Waals surface area (Å²) in [5.74, 6) is 0.833. The van der Waals surface area contributed by atoms with Crippen LogP contribution < -0.4 is 4.74 Å². The minimum atomic E-state index is -0.461. The van der Waals surface area contributed by atoms with Gasteiger partial charge in [0.05, 0.1) is 13.2 Å². The summed E-state index contributed by atoms with van der Waals surface area (Å²) in [6.07, 6.45) is 0.124. The number of methoxy groups -OCH3 is 1. The van der Waals surface area contributed by atoms with Crippen molar-refractivity contribution in [2.75, 3.05) is 7.11 Å². The molecule has 0 bridgehead atoms. The summed E-state index contributed by atoms with van der Waals surface area (Å²) < 4.78 is 5.29. The maximum Gasteiger partial charge on any atom is 0.122 e. The SMILES string of the molecule is COc1ccccc1CC(O)c1cscc1C. The molecule has 17 heavy (non-hydrogen) atoms. The Hall–Kier alpha value is -1.32. The van der Waals surface area contributed by atoms with E-state index in [0.717, 1.165) is 22.4 Å². The smallest absolute Gasteiger partial charge is 0.122 e. The standard InChI is InChI=1S/C14H16O2S/c1-10-8-17-9-12(10)13(15)7-11-5-3-4-6-14(11)16-2/h3-6,8-9,13,15H,7H2,1-2H3. The third-order valence-electron chi connectivity index (χ3n) is 2.86. The molecule has 1 aromatic heterocycles. The fraction of sp³-hybridized carbons (Fsp3) is 0.286. The van der Waals surface area contributed by atoms with Crippen molar-refractivity contribution < 1.29 is 9.84 Å². The predicted molar refractivity (Wildman–Crippen MR) is 70.7 cm³/mol. The molecule has 0 aliphatic carbocycles. The first-order valence-corrected chi connectivity index (χ1v) is 6.49. The zero-order valence-electron chi connectivity index (χ0n) is 10.0. The second-order valence-corrected chi connectivity index (χ2v) is 4.79. The molecule has 1 atom stereocenters. The zero-order chi connectivity index (χ0) is 12.3. The molecule has 2 nitrogen and oxygen atoms in total. The van der Waals surface area contributed by atoms with Crippen LogP contribution in [0.2, 0.25) is 0 Å². The summed E-state index contributed by atoms with van der Waals surface area (Å²) in [5.41, 5.74) is 3.20. The lowest BCUT2D eigenvalue weighted by atomic mass is 10.0. The number of para-hydroxylation sites is 1. The van der Waals surface area contributed by atoms with E-state index in [0.29, 0.717) is 6.42 Å². The Kier molecular flexibility index (Phi) is 3.82. The normalized spacial score (nSPS) is 12.4. The second kappa shape index (κ2) is 5.34. The minimum absolute atomic E-state index is 0.461. The first kappa shape index (κ1) is 12.1. The highest BCUT2D eigenvalue weighted by molar-refractivity contribution is 7.08. The van der Waals surface area contributed by atoms with Gasteiger partial charge in [0.2, 0.25) is 0 Å². The zero-order valence-corrected chi connectivity index (χ0v) is 10.8. The van der Waals surface area contributed by atoms with E-state index in [4.69, 9.17) is 4.74 Å². The highest BCUT2D eigenvalue weighted by Crippen LogP contribution is 2.28. The van der Waals surface area contributed by atoms with Crippen molar-refractivity contribution in [3.8, 4) is 5.75 Å². The highest BCUT2D eigenvalue weighted by atomic mass is 32.1. The van der Waals surface area contributed by atoms with Crippen molar-refractivity contribution in [2.24, 2.45) is 0 Å². The summed E-state index contributed by atoms with van der Waals surface area (Å²) >= 11 is 1.62. The molecule has 0 aliphatic rings. The number of hydrogen-bond donors (Lipinski definition) is 1. The van der Waals surface area contributed by atoms with Gasteiger partial charge in [0.1, 0.15) is 5.75 Å².